The van der Waals surface area contributed by atoms with Crippen LogP contribution in [0.5, 0.6) is 0 Å². The van der Waals surface area contributed by atoms with E-state index in [2.05, 4.69) is 0 Å². The van der Waals surface area contributed by atoms with Crippen molar-refractivity contribution >= 4 is 16.9 Å². The van der Waals surface area contributed by atoms with E-state index in [-0.39, 0.29) is 6.61 Å². The highest BCUT2D eigenvalue weighted by Crippen LogP contribution is 2.23. The number of aliphatic hydroxyl groups is 1. The fourth-order valence-corrected chi connectivity index (χ4v) is 2.13. The van der Waals surface area contributed by atoms with E-state index >= 15 is 0 Å². The molecule has 0 radical (unpaired) electrons. The van der Waals surface area contributed by atoms with Gasteiger partial charge in [0.2, 0.25) is 0 Å². The molecule has 2 aromatic rings. The lowest BCUT2D eigenvalue weighted by atomic mass is 10.0. The predicted octanol–water partition coefficient (Wildman–Crippen LogP) is 1.89. The largest absolute Gasteiger partial charge is 0.478 e. The number of aromatic nitrogens is 1. The minimum atomic E-state index is -0.906. The van der Waals surface area contributed by atoms with Crippen LogP contribution in [0.25, 0.3) is 10.9 Å². The molecule has 0 aliphatic heterocycles. The normalized spacial score (nSPS) is 10.9. The molecular weight excluding hydrogens is 218 g/mol. The number of aliphatic hydroxyl groups excluding tert-OH is 1. The number of hydrogen-bond acceptors (Lipinski definition) is 2. The highest BCUT2D eigenvalue weighted by molar-refractivity contribution is 5.95. The minimum absolute atomic E-state index is 0.0770. The summed E-state index contributed by atoms with van der Waals surface area (Å²) in [5.41, 5.74) is 2.33. The van der Waals surface area contributed by atoms with Crippen molar-refractivity contribution in [3.63, 3.8) is 0 Å². The average molecular weight is 233 g/mol. The van der Waals surface area contributed by atoms with Gasteiger partial charge in [-0.3, -0.25) is 0 Å². The van der Waals surface area contributed by atoms with Gasteiger partial charge in [-0.15, -0.1) is 0 Å². The van der Waals surface area contributed by atoms with Gasteiger partial charge in [0.25, 0.3) is 0 Å². The van der Waals surface area contributed by atoms with Crippen molar-refractivity contribution in [1.29, 1.82) is 0 Å². The Balaban J connectivity index is 2.66. The second-order valence-electron chi connectivity index (χ2n) is 3.96. The second kappa shape index (κ2) is 4.59. The molecule has 2 rings (SSSR count). The van der Waals surface area contributed by atoms with Gasteiger partial charge in [0, 0.05) is 18.1 Å². The molecule has 0 amide bonds. The number of carboxylic acids is 1. The Hall–Kier alpha value is -1.81. The summed E-state index contributed by atoms with van der Waals surface area (Å²) in [5.74, 6) is -0.906. The van der Waals surface area contributed by atoms with Crippen LogP contribution >= 0.6 is 0 Å². The van der Waals surface area contributed by atoms with E-state index in [9.17, 15) is 4.79 Å². The van der Waals surface area contributed by atoms with Crippen LogP contribution in [0.15, 0.2) is 24.4 Å². The number of hydrogen-bond donors (Lipinski definition) is 2. The van der Waals surface area contributed by atoms with Gasteiger partial charge in [-0.1, -0.05) is 6.92 Å². The first-order valence-corrected chi connectivity index (χ1v) is 5.63. The summed E-state index contributed by atoms with van der Waals surface area (Å²) in [7, 11) is 0. The molecule has 4 nitrogen and oxygen atoms in total. The molecule has 0 bridgehead atoms. The third-order valence-corrected chi connectivity index (χ3v) is 2.91. The summed E-state index contributed by atoms with van der Waals surface area (Å²) in [5, 5.41) is 18.9. The average Bonchev–Trinajstić information content (AvgIpc) is 2.72. The maximum absolute atomic E-state index is 11.0. The van der Waals surface area contributed by atoms with Gasteiger partial charge in [-0.2, -0.15) is 0 Å². The Labute approximate surface area is 99.1 Å². The summed E-state index contributed by atoms with van der Waals surface area (Å²) in [6.07, 6.45) is 2.65. The first-order valence-electron chi connectivity index (χ1n) is 5.63. The van der Waals surface area contributed by atoms with Gasteiger partial charge in [0.15, 0.2) is 0 Å². The highest BCUT2D eigenvalue weighted by Gasteiger charge is 2.11. The molecule has 0 fully saturated rings. The van der Waals surface area contributed by atoms with Crippen LogP contribution in [-0.2, 0) is 13.0 Å². The molecule has 2 N–H and O–H groups in total. The quantitative estimate of drug-likeness (QED) is 0.847. The maximum Gasteiger partial charge on any atom is 0.335 e. The summed E-state index contributed by atoms with van der Waals surface area (Å²) in [6, 6.07) is 5.26. The molecule has 17 heavy (non-hydrogen) atoms. The second-order valence-corrected chi connectivity index (χ2v) is 3.96. The first kappa shape index (κ1) is 11.7. The number of fused-ring (bicyclic) bond motifs is 1. The molecule has 0 aliphatic carbocycles. The number of carbonyl (C=O) groups is 1. The van der Waals surface area contributed by atoms with Crippen LogP contribution in [0.1, 0.15) is 22.8 Å². The van der Waals surface area contributed by atoms with Crippen LogP contribution in [0.2, 0.25) is 0 Å². The number of aryl methyl sites for hydroxylation is 1. The third kappa shape index (κ3) is 2.03. The number of aromatic carboxylic acids is 1. The highest BCUT2D eigenvalue weighted by atomic mass is 16.4. The Morgan fingerprint density at radius 1 is 1.41 bits per heavy atom. The predicted molar refractivity (Wildman–Crippen MR) is 65.4 cm³/mol. The summed E-state index contributed by atoms with van der Waals surface area (Å²) < 4.78 is 1.96. The van der Waals surface area contributed by atoms with E-state index in [1.165, 1.54) is 0 Å². The molecule has 1 aromatic heterocycles. The zero-order valence-corrected chi connectivity index (χ0v) is 9.68. The van der Waals surface area contributed by atoms with Crippen LogP contribution in [0, 0.1) is 0 Å². The monoisotopic (exact) mass is 233 g/mol. The molecule has 1 aromatic carbocycles. The number of benzene rings is 1. The fourth-order valence-electron chi connectivity index (χ4n) is 2.13. The Morgan fingerprint density at radius 3 is 2.76 bits per heavy atom. The zero-order chi connectivity index (χ0) is 12.4. The molecular formula is C13H15NO3. The van der Waals surface area contributed by atoms with Gasteiger partial charge >= 0.3 is 5.97 Å². The number of rotatable bonds is 4. The number of nitrogens with zero attached hydrogens (tertiary/aromatic N) is 1. The van der Waals surface area contributed by atoms with E-state index < -0.39 is 5.97 Å². The lowest BCUT2D eigenvalue weighted by Crippen LogP contribution is -2.03. The lowest BCUT2D eigenvalue weighted by Gasteiger charge is -2.08. The van der Waals surface area contributed by atoms with E-state index in [1.54, 1.807) is 12.1 Å². The van der Waals surface area contributed by atoms with E-state index in [0.29, 0.717) is 12.1 Å². The molecule has 0 saturated heterocycles. The van der Waals surface area contributed by atoms with Crippen LogP contribution in [0.3, 0.4) is 0 Å². The molecule has 4 heteroatoms. The maximum atomic E-state index is 11.0. The molecule has 0 saturated carbocycles. The summed E-state index contributed by atoms with van der Waals surface area (Å²) >= 11 is 0. The summed E-state index contributed by atoms with van der Waals surface area (Å²) in [4.78, 5) is 11.0. The topological polar surface area (TPSA) is 62.5 Å². The Bertz CT molecular complexity index is 557. The van der Waals surface area contributed by atoms with E-state index in [1.807, 2.05) is 23.8 Å². The zero-order valence-electron chi connectivity index (χ0n) is 9.68. The van der Waals surface area contributed by atoms with Crippen molar-refractivity contribution in [2.24, 2.45) is 0 Å². The van der Waals surface area contributed by atoms with Crippen LogP contribution in [0.4, 0.5) is 0 Å². The van der Waals surface area contributed by atoms with Crippen LogP contribution < -0.4 is 0 Å². The van der Waals surface area contributed by atoms with Crippen molar-refractivity contribution in [1.82, 2.24) is 4.57 Å². The van der Waals surface area contributed by atoms with Gasteiger partial charge < -0.3 is 14.8 Å². The van der Waals surface area contributed by atoms with Crippen LogP contribution in [-0.4, -0.2) is 27.4 Å². The smallest absolute Gasteiger partial charge is 0.335 e. The van der Waals surface area contributed by atoms with Crippen molar-refractivity contribution in [3.8, 4) is 0 Å². The first-order chi connectivity index (χ1) is 8.17. The van der Waals surface area contributed by atoms with Gasteiger partial charge in [0.05, 0.1) is 17.7 Å². The van der Waals surface area contributed by atoms with Crippen molar-refractivity contribution in [2.45, 2.75) is 19.9 Å². The lowest BCUT2D eigenvalue weighted by molar-refractivity contribution is 0.0697. The van der Waals surface area contributed by atoms with Gasteiger partial charge in [-0.25, -0.2) is 4.79 Å². The van der Waals surface area contributed by atoms with E-state index in [0.717, 1.165) is 22.9 Å². The summed E-state index contributed by atoms with van der Waals surface area (Å²) in [6.45, 7) is 2.60. The SMILES string of the molecule is CCc1cc(C(=O)O)cc2ccn(CCO)c12. The Kier molecular flexibility index (Phi) is 3.15. The third-order valence-electron chi connectivity index (χ3n) is 2.91. The number of carboxylic acid groups (broad SMARTS) is 1. The van der Waals surface area contributed by atoms with Gasteiger partial charge in [-0.05, 0) is 30.2 Å². The van der Waals surface area contributed by atoms with Crippen molar-refractivity contribution < 1.29 is 15.0 Å². The Morgan fingerprint density at radius 2 is 2.18 bits per heavy atom. The molecule has 90 valence electrons. The molecule has 1 heterocycles. The van der Waals surface area contributed by atoms with Gasteiger partial charge in [0.1, 0.15) is 0 Å². The standard InChI is InChI=1S/C13H15NO3/c1-2-9-7-11(13(16)17)8-10-3-4-14(5-6-15)12(9)10/h3-4,7-8,15H,2,5-6H2,1H3,(H,16,17). The van der Waals surface area contributed by atoms with Crippen molar-refractivity contribution in [2.75, 3.05) is 6.61 Å². The van der Waals surface area contributed by atoms with Crippen molar-refractivity contribution in [3.05, 3.63) is 35.5 Å². The molecule has 0 atom stereocenters. The fraction of sp³-hybridized carbons (Fsp3) is 0.308. The molecule has 0 aliphatic rings. The molecule has 0 unspecified atom stereocenters. The minimum Gasteiger partial charge on any atom is -0.478 e. The van der Waals surface area contributed by atoms with E-state index in [4.69, 9.17) is 10.2 Å². The molecule has 0 spiro atoms.